The molecule has 6 nitrogen and oxygen atoms in total. The molecular formula is C24H19ClN4O2S3. The summed E-state index contributed by atoms with van der Waals surface area (Å²) in [6.07, 6.45) is 0.0156. The van der Waals surface area contributed by atoms with Gasteiger partial charge in [0.1, 0.15) is 17.3 Å². The molecule has 5 rings (SSSR count). The van der Waals surface area contributed by atoms with Gasteiger partial charge in [-0.3, -0.25) is 13.9 Å². The predicted molar refractivity (Wildman–Crippen MR) is 139 cm³/mol. The Morgan fingerprint density at radius 1 is 1.12 bits per heavy atom. The normalized spacial score (nSPS) is 20.6. The number of carbonyl (C=O) groups is 2. The van der Waals surface area contributed by atoms with Crippen LogP contribution < -0.4 is 5.32 Å². The largest absolute Gasteiger partial charge is 0.316 e. The Morgan fingerprint density at radius 2 is 1.94 bits per heavy atom. The summed E-state index contributed by atoms with van der Waals surface area (Å²) < 4.78 is 1.35. The summed E-state index contributed by atoms with van der Waals surface area (Å²) in [5, 5.41) is 10.1. The molecule has 1 N–H and O–H groups in total. The van der Waals surface area contributed by atoms with Gasteiger partial charge < -0.3 is 5.32 Å². The van der Waals surface area contributed by atoms with Crippen molar-refractivity contribution < 1.29 is 9.59 Å². The summed E-state index contributed by atoms with van der Waals surface area (Å²) in [7, 11) is 0. The number of pyridine rings is 1. The van der Waals surface area contributed by atoms with Gasteiger partial charge in [0.2, 0.25) is 5.91 Å². The number of halogens is 1. The maximum Gasteiger partial charge on any atom is 0.248 e. The van der Waals surface area contributed by atoms with Crippen molar-refractivity contribution in [2.75, 3.05) is 5.32 Å². The molecule has 34 heavy (non-hydrogen) atoms. The lowest BCUT2D eigenvalue weighted by Gasteiger charge is -2.45. The number of Topliss-reactive ketones (excluding diaryl/α,β-unsaturated/α-hetero) is 1. The molecule has 0 saturated carbocycles. The molecular weight excluding hydrogens is 508 g/mol. The average molecular weight is 527 g/mol. The number of aryl methyl sites for hydroxylation is 1. The summed E-state index contributed by atoms with van der Waals surface area (Å²) in [5.74, 6) is -1.12. The van der Waals surface area contributed by atoms with Crippen LogP contribution in [0.15, 0.2) is 64.7 Å². The summed E-state index contributed by atoms with van der Waals surface area (Å²) in [5.41, 5.74) is 1.56. The first kappa shape index (κ1) is 23.0. The Hall–Kier alpha value is -2.72. The minimum absolute atomic E-state index is 0.0156. The minimum atomic E-state index is -1.16. The number of nitrogens with one attached hydrogen (secondary N) is 1. The Kier molecular flexibility index (Phi) is 6.20. The summed E-state index contributed by atoms with van der Waals surface area (Å²) in [6, 6.07) is 14.3. The van der Waals surface area contributed by atoms with E-state index in [4.69, 9.17) is 16.6 Å². The lowest BCUT2D eigenvalue weighted by molar-refractivity contribution is -0.142. The van der Waals surface area contributed by atoms with Gasteiger partial charge in [-0.2, -0.15) is 11.3 Å². The fourth-order valence-corrected chi connectivity index (χ4v) is 6.29. The maximum atomic E-state index is 13.7. The number of thiazole rings is 1. The van der Waals surface area contributed by atoms with E-state index in [2.05, 4.69) is 23.1 Å². The molecule has 1 aliphatic heterocycles. The van der Waals surface area contributed by atoms with E-state index in [-0.39, 0.29) is 12.2 Å². The van der Waals surface area contributed by atoms with Gasteiger partial charge in [0.15, 0.2) is 10.9 Å². The van der Waals surface area contributed by atoms with E-state index >= 15 is 0 Å². The van der Waals surface area contributed by atoms with E-state index < -0.39 is 17.4 Å². The van der Waals surface area contributed by atoms with Crippen LogP contribution in [0.25, 0.3) is 0 Å². The second-order valence-electron chi connectivity index (χ2n) is 7.95. The number of rotatable bonds is 5. The van der Waals surface area contributed by atoms with Gasteiger partial charge in [0, 0.05) is 16.8 Å². The van der Waals surface area contributed by atoms with Crippen molar-refractivity contribution in [3.05, 3.63) is 92.2 Å². The zero-order valence-corrected chi connectivity index (χ0v) is 21.2. The van der Waals surface area contributed by atoms with Crippen molar-refractivity contribution in [3.8, 4) is 0 Å². The van der Waals surface area contributed by atoms with Gasteiger partial charge in [0.25, 0.3) is 0 Å². The summed E-state index contributed by atoms with van der Waals surface area (Å²) in [6.45, 7) is 1.92. The molecule has 0 radical (unpaired) electrons. The van der Waals surface area contributed by atoms with E-state index in [0.717, 1.165) is 11.3 Å². The number of hydrogen-bond donors (Lipinski definition) is 2. The number of amides is 1. The van der Waals surface area contributed by atoms with Crippen LogP contribution in [0.1, 0.15) is 34.9 Å². The SMILES string of the molecule is Cc1csc(Nc2cccc(C3(c4ccsc4)CC(=O)C(c4ccccc4Cl)C(=O)N3S)n2)n1. The summed E-state index contributed by atoms with van der Waals surface area (Å²) in [4.78, 5) is 36.5. The van der Waals surface area contributed by atoms with Crippen LogP contribution in [0, 0.1) is 6.92 Å². The smallest absolute Gasteiger partial charge is 0.248 e. The van der Waals surface area contributed by atoms with E-state index in [1.807, 2.05) is 47.3 Å². The molecule has 0 spiro atoms. The van der Waals surface area contributed by atoms with E-state index in [1.54, 1.807) is 24.3 Å². The Balaban J connectivity index is 1.59. The van der Waals surface area contributed by atoms with Gasteiger partial charge in [-0.25, -0.2) is 9.97 Å². The fraction of sp³-hybridized carbons (Fsp3) is 0.167. The monoisotopic (exact) mass is 526 g/mol. The number of piperidine rings is 1. The molecule has 4 aromatic rings. The van der Waals surface area contributed by atoms with Crippen molar-refractivity contribution in [2.24, 2.45) is 0 Å². The van der Waals surface area contributed by atoms with Crippen LogP contribution >= 0.6 is 47.1 Å². The van der Waals surface area contributed by atoms with Crippen molar-refractivity contribution in [1.82, 2.24) is 14.3 Å². The highest BCUT2D eigenvalue weighted by Gasteiger charge is 2.53. The molecule has 172 valence electrons. The number of anilines is 2. The van der Waals surface area contributed by atoms with Gasteiger partial charge in [-0.1, -0.05) is 48.7 Å². The zero-order chi connectivity index (χ0) is 23.9. The molecule has 1 amide bonds. The van der Waals surface area contributed by atoms with Gasteiger partial charge in [-0.15, -0.1) is 11.3 Å². The number of carbonyl (C=O) groups excluding carboxylic acids is 2. The number of ketones is 1. The average Bonchev–Trinajstić information content (AvgIpc) is 3.50. The van der Waals surface area contributed by atoms with Crippen LogP contribution in [-0.4, -0.2) is 26.0 Å². The molecule has 3 aromatic heterocycles. The third kappa shape index (κ3) is 3.92. The molecule has 2 atom stereocenters. The zero-order valence-electron chi connectivity index (χ0n) is 17.9. The minimum Gasteiger partial charge on any atom is -0.316 e. The maximum absolute atomic E-state index is 13.7. The second-order valence-corrected chi connectivity index (χ2v) is 10.4. The molecule has 1 saturated heterocycles. The molecule has 2 unspecified atom stereocenters. The first-order valence-corrected chi connectivity index (χ1v) is 13.0. The van der Waals surface area contributed by atoms with Crippen LogP contribution in [0.5, 0.6) is 0 Å². The number of thiol groups is 1. The first-order chi connectivity index (χ1) is 16.4. The van der Waals surface area contributed by atoms with Crippen molar-refractivity contribution >= 4 is 69.7 Å². The fourth-order valence-electron chi connectivity index (χ4n) is 4.22. The topological polar surface area (TPSA) is 75.2 Å². The second kappa shape index (κ2) is 9.14. The predicted octanol–water partition coefficient (Wildman–Crippen LogP) is 5.98. The van der Waals surface area contributed by atoms with Crippen molar-refractivity contribution in [1.29, 1.82) is 0 Å². The van der Waals surface area contributed by atoms with E-state index in [0.29, 0.717) is 27.2 Å². The van der Waals surface area contributed by atoms with Crippen LogP contribution in [0.2, 0.25) is 5.02 Å². The third-order valence-electron chi connectivity index (χ3n) is 5.81. The van der Waals surface area contributed by atoms with E-state index in [1.165, 1.54) is 27.0 Å². The lowest BCUT2D eigenvalue weighted by Crippen LogP contribution is -2.54. The molecule has 10 heteroatoms. The lowest BCUT2D eigenvalue weighted by atomic mass is 9.75. The molecule has 4 heterocycles. The summed E-state index contributed by atoms with van der Waals surface area (Å²) >= 11 is 14.0. The molecule has 1 fully saturated rings. The first-order valence-electron chi connectivity index (χ1n) is 10.4. The molecule has 0 bridgehead atoms. The third-order valence-corrected chi connectivity index (χ3v) is 8.25. The highest BCUT2D eigenvalue weighted by atomic mass is 35.5. The number of aromatic nitrogens is 2. The Labute approximate surface area is 215 Å². The van der Waals surface area contributed by atoms with Crippen LogP contribution in [0.3, 0.4) is 0 Å². The number of thiophene rings is 1. The standard InChI is InChI=1S/C24H19ClN4O2S3/c1-14-12-34-23(26-14)28-20-8-4-7-19(27-20)24(15-9-10-33-13-15)11-18(30)21(22(31)29(24)32)16-5-2-3-6-17(16)25/h2-10,12-13,21,32H,11H2,1H3,(H,26,27,28). The Bertz CT molecular complexity index is 1370. The van der Waals surface area contributed by atoms with Gasteiger partial charge >= 0.3 is 0 Å². The highest BCUT2D eigenvalue weighted by molar-refractivity contribution is 7.78. The van der Waals surface area contributed by atoms with Gasteiger partial charge in [0.05, 0.1) is 11.4 Å². The van der Waals surface area contributed by atoms with Crippen molar-refractivity contribution in [2.45, 2.75) is 24.8 Å². The highest BCUT2D eigenvalue weighted by Crippen LogP contribution is 2.48. The molecule has 0 aliphatic carbocycles. The number of hydrogen-bond acceptors (Lipinski definition) is 8. The van der Waals surface area contributed by atoms with Crippen LogP contribution in [0.4, 0.5) is 10.9 Å². The van der Waals surface area contributed by atoms with Crippen molar-refractivity contribution in [3.63, 3.8) is 0 Å². The van der Waals surface area contributed by atoms with Crippen LogP contribution in [-0.2, 0) is 15.1 Å². The number of benzene rings is 1. The van der Waals surface area contributed by atoms with E-state index in [9.17, 15) is 9.59 Å². The Morgan fingerprint density at radius 3 is 2.65 bits per heavy atom. The molecule has 1 aromatic carbocycles. The van der Waals surface area contributed by atoms with Gasteiger partial charge in [-0.05, 0) is 53.1 Å². The quantitative estimate of drug-likeness (QED) is 0.247. The molecule has 1 aliphatic rings. The number of nitrogens with zero attached hydrogens (tertiary/aromatic N) is 3.